The Morgan fingerprint density at radius 3 is 2.67 bits per heavy atom. The Bertz CT molecular complexity index is 374. The number of ether oxygens (including phenoxy) is 1. The van der Waals surface area contributed by atoms with Gasteiger partial charge in [0.15, 0.2) is 11.5 Å². The van der Waals surface area contributed by atoms with Crippen molar-refractivity contribution in [2.45, 2.75) is 0 Å². The Hall–Kier alpha value is -2.01. The van der Waals surface area contributed by atoms with Crippen LogP contribution in [0.1, 0.15) is 5.56 Å². The van der Waals surface area contributed by atoms with Crippen LogP contribution in [0.3, 0.4) is 0 Å². The first-order valence-electron chi connectivity index (χ1n) is 3.91. The summed E-state index contributed by atoms with van der Waals surface area (Å²) < 4.78 is 4.86. The number of hydrogen-bond donors (Lipinski definition) is 3. The standard InChI is InChI=1S/C10H10O4.H3N/c1-14-9-6-7(2-4-8(9)11)3-5-10(12)13;/h2-6,11H,1H3,(H,12,13);1H3. The van der Waals surface area contributed by atoms with Crippen LogP contribution in [0.5, 0.6) is 11.5 Å². The molecule has 0 aliphatic heterocycles. The quantitative estimate of drug-likeness (QED) is 0.660. The molecule has 0 bridgehead atoms. The van der Waals surface area contributed by atoms with Crippen LogP contribution in [0.2, 0.25) is 0 Å². The monoisotopic (exact) mass is 211 g/mol. The average Bonchev–Trinajstić information content (AvgIpc) is 2.16. The van der Waals surface area contributed by atoms with Gasteiger partial charge in [0.25, 0.3) is 0 Å². The fourth-order valence-electron chi connectivity index (χ4n) is 0.965. The van der Waals surface area contributed by atoms with Crippen LogP contribution in [-0.4, -0.2) is 23.3 Å². The second kappa shape index (κ2) is 5.66. The van der Waals surface area contributed by atoms with E-state index in [4.69, 9.17) is 9.84 Å². The maximum atomic E-state index is 10.2. The molecule has 0 heterocycles. The third-order valence-electron chi connectivity index (χ3n) is 1.62. The lowest BCUT2D eigenvalue weighted by Gasteiger charge is -2.03. The molecule has 5 nitrogen and oxygen atoms in total. The number of carboxylic acids is 1. The predicted molar refractivity (Wildman–Crippen MR) is 56.4 cm³/mol. The summed E-state index contributed by atoms with van der Waals surface area (Å²) in [5.74, 6) is -0.672. The van der Waals surface area contributed by atoms with Crippen LogP contribution < -0.4 is 10.9 Å². The van der Waals surface area contributed by atoms with Crippen LogP contribution in [0, 0.1) is 0 Å². The minimum atomic E-state index is -1.02. The summed E-state index contributed by atoms with van der Waals surface area (Å²) in [4.78, 5) is 10.2. The zero-order valence-corrected chi connectivity index (χ0v) is 8.30. The molecule has 0 unspecified atom stereocenters. The van der Waals surface area contributed by atoms with Crippen molar-refractivity contribution >= 4 is 12.0 Å². The van der Waals surface area contributed by atoms with Gasteiger partial charge in [0.05, 0.1) is 7.11 Å². The Labute approximate surface area is 87.2 Å². The van der Waals surface area contributed by atoms with E-state index in [1.807, 2.05) is 0 Å². The summed E-state index contributed by atoms with van der Waals surface area (Å²) in [5, 5.41) is 17.6. The van der Waals surface area contributed by atoms with Crippen molar-refractivity contribution in [3.05, 3.63) is 29.8 Å². The van der Waals surface area contributed by atoms with E-state index in [9.17, 15) is 9.90 Å². The largest absolute Gasteiger partial charge is 0.504 e. The molecule has 5 heteroatoms. The Morgan fingerprint density at radius 1 is 1.47 bits per heavy atom. The number of aromatic hydroxyl groups is 1. The van der Waals surface area contributed by atoms with Crippen LogP contribution in [0.25, 0.3) is 6.08 Å². The number of rotatable bonds is 3. The van der Waals surface area contributed by atoms with Gasteiger partial charge in [0, 0.05) is 6.08 Å². The molecule has 0 saturated carbocycles. The second-order valence-electron chi connectivity index (χ2n) is 2.60. The van der Waals surface area contributed by atoms with Crippen molar-refractivity contribution in [1.82, 2.24) is 6.15 Å². The normalized spacial score (nSPS) is 9.67. The van der Waals surface area contributed by atoms with E-state index in [0.717, 1.165) is 6.08 Å². The van der Waals surface area contributed by atoms with Crippen LogP contribution in [0.15, 0.2) is 24.3 Å². The molecule has 5 N–H and O–H groups in total. The topological polar surface area (TPSA) is 102 Å². The fourth-order valence-corrected chi connectivity index (χ4v) is 0.965. The average molecular weight is 211 g/mol. The molecule has 1 aromatic rings. The van der Waals surface area contributed by atoms with Crippen molar-refractivity contribution in [3.8, 4) is 11.5 Å². The molecule has 15 heavy (non-hydrogen) atoms. The van der Waals surface area contributed by atoms with Gasteiger partial charge in [-0.25, -0.2) is 4.79 Å². The zero-order chi connectivity index (χ0) is 10.6. The third kappa shape index (κ3) is 3.70. The van der Waals surface area contributed by atoms with E-state index in [-0.39, 0.29) is 11.9 Å². The summed E-state index contributed by atoms with van der Waals surface area (Å²) in [5.41, 5.74) is 0.655. The van der Waals surface area contributed by atoms with Gasteiger partial charge < -0.3 is 21.1 Å². The number of phenolic OH excluding ortho intramolecular Hbond substituents is 1. The fraction of sp³-hybridized carbons (Fsp3) is 0.100. The molecule has 0 radical (unpaired) electrons. The second-order valence-corrected chi connectivity index (χ2v) is 2.60. The molecule has 0 aliphatic rings. The number of aliphatic carboxylic acids is 1. The minimum Gasteiger partial charge on any atom is -0.504 e. The SMILES string of the molecule is COc1cc(C=CC(=O)O)ccc1O.N. The Balaban J connectivity index is 0.00000196. The van der Waals surface area contributed by atoms with E-state index in [1.165, 1.54) is 19.3 Å². The number of carbonyl (C=O) groups is 1. The summed E-state index contributed by atoms with van der Waals surface area (Å²) in [6, 6.07) is 4.59. The first-order chi connectivity index (χ1) is 6.63. The number of methoxy groups -OCH3 is 1. The Kier molecular flexibility index (Phi) is 4.90. The highest BCUT2D eigenvalue weighted by Gasteiger charge is 2.00. The molecule has 0 spiro atoms. The third-order valence-corrected chi connectivity index (χ3v) is 1.62. The van der Waals surface area contributed by atoms with Crippen LogP contribution in [0.4, 0.5) is 0 Å². The highest BCUT2D eigenvalue weighted by atomic mass is 16.5. The van der Waals surface area contributed by atoms with E-state index < -0.39 is 5.97 Å². The van der Waals surface area contributed by atoms with Crippen LogP contribution >= 0.6 is 0 Å². The number of phenols is 1. The van der Waals surface area contributed by atoms with Crippen LogP contribution in [-0.2, 0) is 4.79 Å². The predicted octanol–water partition coefficient (Wildman–Crippen LogP) is 1.66. The molecule has 0 aromatic heterocycles. The van der Waals surface area contributed by atoms with Crippen molar-refractivity contribution in [1.29, 1.82) is 0 Å². The highest BCUT2D eigenvalue weighted by molar-refractivity contribution is 5.85. The first-order valence-corrected chi connectivity index (χ1v) is 3.91. The van der Waals surface area contributed by atoms with E-state index >= 15 is 0 Å². The zero-order valence-electron chi connectivity index (χ0n) is 8.30. The lowest BCUT2D eigenvalue weighted by Crippen LogP contribution is -1.87. The van der Waals surface area contributed by atoms with Gasteiger partial charge in [-0.3, -0.25) is 0 Å². The lowest BCUT2D eigenvalue weighted by molar-refractivity contribution is -0.131. The molecule has 1 rings (SSSR count). The van der Waals surface area contributed by atoms with Gasteiger partial charge in [0.1, 0.15) is 0 Å². The van der Waals surface area contributed by atoms with E-state index in [0.29, 0.717) is 11.3 Å². The maximum absolute atomic E-state index is 10.2. The van der Waals surface area contributed by atoms with E-state index in [1.54, 1.807) is 12.1 Å². The molecule has 0 atom stereocenters. The highest BCUT2D eigenvalue weighted by Crippen LogP contribution is 2.26. The smallest absolute Gasteiger partial charge is 0.328 e. The molecular weight excluding hydrogens is 198 g/mol. The molecule has 0 amide bonds. The van der Waals surface area contributed by atoms with Crippen molar-refractivity contribution < 1.29 is 19.7 Å². The molecule has 0 fully saturated rings. The molecule has 1 aromatic carbocycles. The van der Waals surface area contributed by atoms with Gasteiger partial charge in [-0.05, 0) is 23.8 Å². The van der Waals surface area contributed by atoms with Crippen molar-refractivity contribution in [3.63, 3.8) is 0 Å². The first kappa shape index (κ1) is 13.0. The molecule has 82 valence electrons. The maximum Gasteiger partial charge on any atom is 0.328 e. The number of carboxylic acid groups (broad SMARTS) is 1. The Morgan fingerprint density at radius 2 is 2.13 bits per heavy atom. The molecule has 0 saturated heterocycles. The van der Waals surface area contributed by atoms with Gasteiger partial charge in [-0.1, -0.05) is 6.07 Å². The molecule has 0 aliphatic carbocycles. The number of benzene rings is 1. The number of hydrogen-bond acceptors (Lipinski definition) is 4. The van der Waals surface area contributed by atoms with Crippen molar-refractivity contribution in [2.75, 3.05) is 7.11 Å². The van der Waals surface area contributed by atoms with Crippen molar-refractivity contribution in [2.24, 2.45) is 0 Å². The summed E-state index contributed by atoms with van der Waals surface area (Å²) >= 11 is 0. The summed E-state index contributed by atoms with van der Waals surface area (Å²) in [6.07, 6.45) is 2.44. The van der Waals surface area contributed by atoms with Gasteiger partial charge >= 0.3 is 5.97 Å². The van der Waals surface area contributed by atoms with Gasteiger partial charge in [0.2, 0.25) is 0 Å². The van der Waals surface area contributed by atoms with Gasteiger partial charge in [-0.2, -0.15) is 0 Å². The summed E-state index contributed by atoms with van der Waals surface area (Å²) in [6.45, 7) is 0. The summed E-state index contributed by atoms with van der Waals surface area (Å²) in [7, 11) is 1.43. The van der Waals surface area contributed by atoms with E-state index in [2.05, 4.69) is 0 Å². The lowest BCUT2D eigenvalue weighted by atomic mass is 10.2. The molecular formula is C10H13NO4. The minimum absolute atomic E-state index is 0. The van der Waals surface area contributed by atoms with Gasteiger partial charge in [-0.15, -0.1) is 0 Å².